The smallest absolute Gasteiger partial charge is 0.323 e. The number of carbonyl (C=O) groups excluding carboxylic acids is 1. The molecule has 0 saturated carbocycles. The van der Waals surface area contributed by atoms with Crippen molar-refractivity contribution in [2.24, 2.45) is 0 Å². The van der Waals surface area contributed by atoms with Gasteiger partial charge in [0.25, 0.3) is 5.91 Å². The summed E-state index contributed by atoms with van der Waals surface area (Å²) >= 11 is 0. The van der Waals surface area contributed by atoms with Crippen LogP contribution in [0.15, 0.2) is 18.5 Å². The summed E-state index contributed by atoms with van der Waals surface area (Å²) in [6, 6.07) is 1.23. The van der Waals surface area contributed by atoms with Gasteiger partial charge in [-0.2, -0.15) is 0 Å². The molecule has 0 fully saturated rings. The van der Waals surface area contributed by atoms with Crippen LogP contribution in [0.2, 0.25) is 0 Å². The predicted octanol–water partition coefficient (Wildman–Crippen LogP) is -0.0562. The highest BCUT2D eigenvalue weighted by Gasteiger charge is 2.14. The first kappa shape index (κ1) is 11.0. The Balaban J connectivity index is 2.80. The van der Waals surface area contributed by atoms with Gasteiger partial charge in [0, 0.05) is 13.2 Å². The molecule has 1 aromatic heterocycles. The van der Waals surface area contributed by atoms with Gasteiger partial charge in [-0.3, -0.25) is 14.6 Å². The molecule has 0 aromatic carbocycles. The molecule has 0 unspecified atom stereocenters. The van der Waals surface area contributed by atoms with E-state index in [1.807, 2.05) is 0 Å². The zero-order chi connectivity index (χ0) is 11.4. The average molecular weight is 210 g/mol. The molecule has 0 spiro atoms. The normalized spacial score (nSPS) is 9.67. The lowest BCUT2D eigenvalue weighted by atomic mass is 10.2. The Bertz CT molecular complexity index is 391. The highest BCUT2D eigenvalue weighted by Crippen LogP contribution is 2.10. The van der Waals surface area contributed by atoms with Gasteiger partial charge in [0.05, 0.1) is 11.8 Å². The van der Waals surface area contributed by atoms with Gasteiger partial charge in [-0.1, -0.05) is 0 Å². The van der Waals surface area contributed by atoms with E-state index in [1.54, 1.807) is 0 Å². The first-order chi connectivity index (χ1) is 7.00. The van der Waals surface area contributed by atoms with Crippen LogP contribution in [0, 0.1) is 0 Å². The van der Waals surface area contributed by atoms with Crippen LogP contribution in [0.5, 0.6) is 5.75 Å². The molecule has 0 bridgehead atoms. The Hall–Kier alpha value is -2.11. The maximum Gasteiger partial charge on any atom is 0.323 e. The number of aromatic hydroxyl groups is 1. The van der Waals surface area contributed by atoms with Crippen LogP contribution in [0.3, 0.4) is 0 Å². The van der Waals surface area contributed by atoms with Crippen LogP contribution in [-0.2, 0) is 4.79 Å². The van der Waals surface area contributed by atoms with E-state index in [0.29, 0.717) is 0 Å². The van der Waals surface area contributed by atoms with Gasteiger partial charge >= 0.3 is 5.97 Å². The molecule has 0 aliphatic heterocycles. The number of nitrogens with zero attached hydrogens (tertiary/aromatic N) is 2. The van der Waals surface area contributed by atoms with Crippen LogP contribution in [0.25, 0.3) is 0 Å². The van der Waals surface area contributed by atoms with E-state index in [9.17, 15) is 9.59 Å². The van der Waals surface area contributed by atoms with E-state index in [1.165, 1.54) is 25.5 Å². The van der Waals surface area contributed by atoms with Crippen LogP contribution < -0.4 is 0 Å². The van der Waals surface area contributed by atoms with E-state index in [-0.39, 0.29) is 11.3 Å². The lowest BCUT2D eigenvalue weighted by Crippen LogP contribution is -2.31. The third-order valence-electron chi connectivity index (χ3n) is 1.69. The lowest BCUT2D eigenvalue weighted by Gasteiger charge is -2.13. The number of hydrogen-bond donors (Lipinski definition) is 2. The molecule has 6 nitrogen and oxygen atoms in total. The number of aliphatic carboxylic acids is 1. The highest BCUT2D eigenvalue weighted by atomic mass is 16.4. The fraction of sp³-hybridized carbons (Fsp3) is 0.222. The third kappa shape index (κ3) is 2.94. The molecule has 0 saturated heterocycles. The first-order valence-corrected chi connectivity index (χ1v) is 4.12. The fourth-order valence-electron chi connectivity index (χ4n) is 1.04. The molecule has 80 valence electrons. The van der Waals surface area contributed by atoms with Crippen LogP contribution >= 0.6 is 0 Å². The van der Waals surface area contributed by atoms with Crippen LogP contribution in [0.1, 0.15) is 10.4 Å². The Morgan fingerprint density at radius 2 is 2.13 bits per heavy atom. The maximum absolute atomic E-state index is 11.5. The molecule has 1 heterocycles. The van der Waals surface area contributed by atoms with Gasteiger partial charge in [0.1, 0.15) is 12.3 Å². The molecule has 1 aromatic rings. The SMILES string of the molecule is CN(CC(=O)O)C(=O)c1cncc(O)c1. The van der Waals surface area contributed by atoms with E-state index in [0.717, 1.165) is 4.90 Å². The molecule has 2 N–H and O–H groups in total. The number of hydrogen-bond acceptors (Lipinski definition) is 4. The van der Waals surface area contributed by atoms with E-state index in [2.05, 4.69) is 4.98 Å². The molecular formula is C9H10N2O4. The van der Waals surface area contributed by atoms with Crippen molar-refractivity contribution in [1.82, 2.24) is 9.88 Å². The quantitative estimate of drug-likeness (QED) is 0.729. The van der Waals surface area contributed by atoms with Gasteiger partial charge < -0.3 is 15.1 Å². The minimum atomic E-state index is -1.10. The maximum atomic E-state index is 11.5. The molecule has 0 atom stereocenters. The lowest BCUT2D eigenvalue weighted by molar-refractivity contribution is -0.137. The van der Waals surface area contributed by atoms with Crippen molar-refractivity contribution < 1.29 is 19.8 Å². The van der Waals surface area contributed by atoms with E-state index in [4.69, 9.17) is 10.2 Å². The zero-order valence-electron chi connectivity index (χ0n) is 8.04. The van der Waals surface area contributed by atoms with Crippen LogP contribution in [0.4, 0.5) is 0 Å². The molecule has 15 heavy (non-hydrogen) atoms. The Labute approximate surface area is 85.8 Å². The second kappa shape index (κ2) is 4.41. The van der Waals surface area contributed by atoms with Crippen molar-refractivity contribution in [2.45, 2.75) is 0 Å². The number of amides is 1. The minimum Gasteiger partial charge on any atom is -0.506 e. The topological polar surface area (TPSA) is 90.7 Å². The Morgan fingerprint density at radius 3 is 2.67 bits per heavy atom. The molecule has 6 heteroatoms. The van der Waals surface area contributed by atoms with Gasteiger partial charge in [0.2, 0.25) is 0 Å². The minimum absolute atomic E-state index is 0.135. The van der Waals surface area contributed by atoms with Crippen molar-refractivity contribution in [1.29, 1.82) is 0 Å². The largest absolute Gasteiger partial charge is 0.506 e. The first-order valence-electron chi connectivity index (χ1n) is 4.12. The molecule has 1 rings (SSSR count). The average Bonchev–Trinajstić information content (AvgIpc) is 2.15. The molecule has 1 amide bonds. The summed E-state index contributed by atoms with van der Waals surface area (Å²) in [4.78, 5) is 26.5. The fourth-order valence-corrected chi connectivity index (χ4v) is 1.04. The third-order valence-corrected chi connectivity index (χ3v) is 1.69. The van der Waals surface area contributed by atoms with E-state index >= 15 is 0 Å². The van der Waals surface area contributed by atoms with Gasteiger partial charge in [-0.15, -0.1) is 0 Å². The van der Waals surface area contributed by atoms with Crippen molar-refractivity contribution >= 4 is 11.9 Å². The predicted molar refractivity (Wildman–Crippen MR) is 50.5 cm³/mol. The monoisotopic (exact) mass is 210 g/mol. The summed E-state index contributed by atoms with van der Waals surface area (Å²) in [6.45, 7) is -0.394. The number of aromatic nitrogens is 1. The van der Waals surface area contributed by atoms with Crippen molar-refractivity contribution in [3.05, 3.63) is 24.0 Å². The number of carboxylic acid groups (broad SMARTS) is 1. The zero-order valence-corrected chi connectivity index (χ0v) is 8.04. The number of pyridine rings is 1. The second-order valence-electron chi connectivity index (χ2n) is 2.99. The summed E-state index contributed by atoms with van der Waals surface area (Å²) in [5, 5.41) is 17.6. The van der Waals surface area contributed by atoms with Crippen molar-refractivity contribution in [3.8, 4) is 5.75 Å². The number of carbonyl (C=O) groups is 2. The van der Waals surface area contributed by atoms with Crippen LogP contribution in [-0.4, -0.2) is 45.6 Å². The van der Waals surface area contributed by atoms with Gasteiger partial charge in [0.15, 0.2) is 0 Å². The Morgan fingerprint density at radius 1 is 1.47 bits per heavy atom. The summed E-state index contributed by atoms with van der Waals surface area (Å²) < 4.78 is 0. The van der Waals surface area contributed by atoms with Crippen molar-refractivity contribution in [3.63, 3.8) is 0 Å². The molecular weight excluding hydrogens is 200 g/mol. The van der Waals surface area contributed by atoms with Gasteiger partial charge in [-0.25, -0.2) is 0 Å². The number of rotatable bonds is 3. The molecule has 0 radical (unpaired) electrons. The molecule has 0 aliphatic rings. The second-order valence-corrected chi connectivity index (χ2v) is 2.99. The summed E-state index contributed by atoms with van der Waals surface area (Å²) in [5.74, 6) is -1.73. The highest BCUT2D eigenvalue weighted by molar-refractivity contribution is 5.95. The summed E-state index contributed by atoms with van der Waals surface area (Å²) in [6.07, 6.45) is 2.45. The number of likely N-dealkylation sites (N-methyl/N-ethyl adjacent to an activating group) is 1. The number of carboxylic acids is 1. The summed E-state index contributed by atoms with van der Waals surface area (Å²) in [5.41, 5.74) is 0.152. The Kier molecular flexibility index (Phi) is 3.22. The van der Waals surface area contributed by atoms with E-state index < -0.39 is 18.4 Å². The summed E-state index contributed by atoms with van der Waals surface area (Å²) in [7, 11) is 1.36. The molecule has 0 aliphatic carbocycles. The standard InChI is InChI=1S/C9H10N2O4/c1-11(5-8(13)14)9(15)6-2-7(12)4-10-3-6/h2-4,12H,5H2,1H3,(H,13,14). The van der Waals surface area contributed by atoms with Gasteiger partial charge in [-0.05, 0) is 6.07 Å². The van der Waals surface area contributed by atoms with Crippen molar-refractivity contribution in [2.75, 3.05) is 13.6 Å².